The van der Waals surface area contributed by atoms with E-state index in [2.05, 4.69) is 36.0 Å². The van der Waals surface area contributed by atoms with Crippen molar-refractivity contribution < 1.29 is 6.51 Å². The van der Waals surface area contributed by atoms with Gasteiger partial charge in [0.15, 0.2) is 0 Å². The third-order valence-corrected chi connectivity index (χ3v) is 77.6. The first-order valence-corrected chi connectivity index (χ1v) is 16.1. The zero-order valence-corrected chi connectivity index (χ0v) is 14.7. The number of fused-ring (bicyclic) bond motifs is 10. The summed E-state index contributed by atoms with van der Waals surface area (Å²) in [6, 6.07) is 0. The molecular weight excluding hydrogens is 370 g/mol. The molecule has 0 aromatic rings. The van der Waals surface area contributed by atoms with Crippen molar-refractivity contribution in [3.63, 3.8) is 0 Å². The van der Waals surface area contributed by atoms with Crippen molar-refractivity contribution in [1.82, 2.24) is 0 Å². The summed E-state index contributed by atoms with van der Waals surface area (Å²) < 4.78 is 0.909. The van der Waals surface area contributed by atoms with E-state index >= 15 is 0 Å². The number of rotatable bonds is 2. The third kappa shape index (κ3) is 0.0683. The van der Waals surface area contributed by atoms with Crippen LogP contribution >= 0.6 is 58.3 Å². The molecule has 10 rings (SSSR count). The van der Waals surface area contributed by atoms with Gasteiger partial charge in [-0.15, -0.1) is 0 Å². The van der Waals surface area contributed by atoms with Crippen LogP contribution in [0.4, 0.5) is 0 Å². The average molecular weight is 382 g/mol. The second-order valence-corrected chi connectivity index (χ2v) is 37.5. The second-order valence-electron chi connectivity index (χ2n) is 9.99. The fourth-order valence-electron chi connectivity index (χ4n) is 17.4. The van der Waals surface area contributed by atoms with Crippen LogP contribution in [-0.2, 0) is 6.51 Å². The van der Waals surface area contributed by atoms with E-state index in [0.29, 0.717) is 7.29 Å². The zero-order valence-electron chi connectivity index (χ0n) is 9.69. The maximum atomic E-state index is 7.56. The van der Waals surface area contributed by atoms with Crippen LogP contribution in [0.15, 0.2) is 0 Å². The van der Waals surface area contributed by atoms with Crippen LogP contribution in [0.2, 0.25) is 24.1 Å². The van der Waals surface area contributed by atoms with E-state index in [1.165, 1.54) is 0 Å². The molecule has 0 nitrogen and oxygen atoms in total. The summed E-state index contributed by atoms with van der Waals surface area (Å²) in [5.74, 6) is 0. The minimum atomic E-state index is -4.00. The molecular formula is C12H11Cl3FeS2. The topological polar surface area (TPSA) is 0 Å². The molecule has 18 heavy (non-hydrogen) atoms. The van der Waals surface area contributed by atoms with Gasteiger partial charge in [-0.1, -0.05) is 0 Å². The Morgan fingerprint density at radius 2 is 1.06 bits per heavy atom. The van der Waals surface area contributed by atoms with E-state index in [0.717, 1.165) is 24.1 Å². The Hall–Kier alpha value is 2.09. The van der Waals surface area contributed by atoms with Crippen LogP contribution in [0.25, 0.3) is 0 Å². The van der Waals surface area contributed by atoms with E-state index in [4.69, 9.17) is 34.8 Å². The SMILES string of the molecule is CS[C]12[C]3(Cl)[C]4(Cl)[C]5(SC)[C]1(Cl)[Fe]34251678[CH]2[CH]1[CH]6[CH]7[CH]28. The molecule has 10 aliphatic rings. The summed E-state index contributed by atoms with van der Waals surface area (Å²) in [5, 5.41) is 0. The Kier molecular flexibility index (Phi) is 0.339. The van der Waals surface area contributed by atoms with Crippen molar-refractivity contribution in [2.45, 2.75) is 42.7 Å². The first kappa shape index (κ1) is 8.65. The third-order valence-electron chi connectivity index (χ3n) is 15.1. The standard InChI is InChI=1S/C7H6Cl3S2.C5H5.Fe/c1-11-6-3(8)4(9)7(12-2)5(6)10;1-2-4-5-3-1;/h1-2H3;1-5H;. The molecule has 0 saturated carbocycles. The molecule has 10 saturated heterocycles. The number of thioether (sulfide) groups is 2. The average Bonchev–Trinajstić information content (AvgIpc) is 3.29. The van der Waals surface area contributed by atoms with Gasteiger partial charge < -0.3 is 0 Å². The molecule has 100 valence electrons. The summed E-state index contributed by atoms with van der Waals surface area (Å²) in [6.07, 6.45) is 4.59. The molecule has 0 radical (unpaired) electrons. The molecule has 0 aromatic carbocycles. The minimum absolute atomic E-state index is 0.0511. The predicted molar refractivity (Wildman–Crippen MR) is 77.0 cm³/mol. The first-order chi connectivity index (χ1) is 8.24. The van der Waals surface area contributed by atoms with Crippen LogP contribution < -0.4 is 0 Å². The van der Waals surface area contributed by atoms with Crippen molar-refractivity contribution in [3.8, 4) is 0 Å². The number of hydrogen-bond donors (Lipinski definition) is 0. The van der Waals surface area contributed by atoms with Crippen LogP contribution in [0.1, 0.15) is 0 Å². The Balaban J connectivity index is 1.84. The fourth-order valence-corrected chi connectivity index (χ4v) is 132. The van der Waals surface area contributed by atoms with Crippen molar-refractivity contribution in [3.05, 3.63) is 0 Å². The Bertz CT molecular complexity index is 1030. The maximum absolute atomic E-state index is 7.56. The van der Waals surface area contributed by atoms with Gasteiger partial charge >= 0.3 is 120 Å². The van der Waals surface area contributed by atoms with Crippen molar-refractivity contribution in [2.24, 2.45) is 0 Å². The van der Waals surface area contributed by atoms with Gasteiger partial charge in [0, 0.05) is 0 Å². The molecule has 10 fully saturated rings. The first-order valence-electron chi connectivity index (χ1n) is 6.61. The molecule has 0 aliphatic carbocycles. The summed E-state index contributed by atoms with van der Waals surface area (Å²) in [7, 11) is 0. The van der Waals surface area contributed by atoms with Gasteiger partial charge in [0.1, 0.15) is 0 Å². The van der Waals surface area contributed by atoms with Crippen LogP contribution in [-0.4, -0.2) is 31.1 Å². The predicted octanol–water partition coefficient (Wildman–Crippen LogP) is 4.36. The molecule has 0 amide bonds. The molecule has 1 spiro atoms. The van der Waals surface area contributed by atoms with Gasteiger partial charge in [-0.05, 0) is 0 Å². The summed E-state index contributed by atoms with van der Waals surface area (Å²) in [4.78, 5) is 5.01. The molecule has 0 aromatic heterocycles. The molecule has 10 heterocycles. The van der Waals surface area contributed by atoms with Crippen molar-refractivity contribution >= 4 is 58.3 Å². The quantitative estimate of drug-likeness (QED) is 0.515. The van der Waals surface area contributed by atoms with E-state index in [1.807, 2.05) is 0 Å². The number of halogens is 3. The summed E-state index contributed by atoms with van der Waals surface area (Å²) >= 11 is 26.7. The fraction of sp³-hybridized carbons (Fsp3) is 1.00. The van der Waals surface area contributed by atoms with Gasteiger partial charge in [-0.25, -0.2) is 0 Å². The van der Waals surface area contributed by atoms with Gasteiger partial charge in [-0.2, -0.15) is 0 Å². The Morgan fingerprint density at radius 3 is 1.17 bits per heavy atom. The van der Waals surface area contributed by atoms with E-state index in [1.54, 1.807) is 0 Å². The molecule has 4 unspecified atom stereocenters. The van der Waals surface area contributed by atoms with E-state index in [9.17, 15) is 0 Å². The summed E-state index contributed by atoms with van der Waals surface area (Å²) in [5.41, 5.74) is 0. The van der Waals surface area contributed by atoms with Crippen LogP contribution in [0, 0.1) is 0 Å². The van der Waals surface area contributed by atoms with Gasteiger partial charge in [0.25, 0.3) is 0 Å². The molecule has 10 aliphatic heterocycles. The Morgan fingerprint density at radius 1 is 0.722 bits per heavy atom. The molecule has 4 atom stereocenters. The van der Waals surface area contributed by atoms with Crippen LogP contribution in [0.3, 0.4) is 0 Å². The molecule has 0 bridgehead atoms. The van der Waals surface area contributed by atoms with Gasteiger partial charge in [0.2, 0.25) is 0 Å². The van der Waals surface area contributed by atoms with Crippen LogP contribution in [0.5, 0.6) is 0 Å². The monoisotopic (exact) mass is 380 g/mol. The molecule has 6 heteroatoms. The number of alkyl halides is 3. The van der Waals surface area contributed by atoms with Crippen molar-refractivity contribution in [1.29, 1.82) is 0 Å². The molecule has 0 N–H and O–H groups in total. The number of hydrogen-bond acceptors (Lipinski definition) is 2. The van der Waals surface area contributed by atoms with E-state index < -0.39 is 6.51 Å². The van der Waals surface area contributed by atoms with E-state index in [-0.39, 0.29) is 11.3 Å². The zero-order chi connectivity index (χ0) is 12.1. The van der Waals surface area contributed by atoms with Crippen molar-refractivity contribution in [2.75, 3.05) is 12.5 Å². The second kappa shape index (κ2) is 0.706. The summed E-state index contributed by atoms with van der Waals surface area (Å²) in [6.45, 7) is -4.00. The van der Waals surface area contributed by atoms with Gasteiger partial charge in [-0.3, -0.25) is 0 Å². The van der Waals surface area contributed by atoms with Gasteiger partial charge in [0.05, 0.1) is 0 Å². The normalized spacial score (nSPS) is 130. The Labute approximate surface area is 119 Å².